The number of methoxy groups -OCH3 is 1. The summed E-state index contributed by atoms with van der Waals surface area (Å²) in [4.78, 5) is 0. The SMILES string of the molecule is COCCC1(CNCC2CCNC2)CC1. The lowest BCUT2D eigenvalue weighted by molar-refractivity contribution is 0.171. The van der Waals surface area contributed by atoms with E-state index in [1.807, 2.05) is 0 Å². The molecule has 0 aromatic rings. The van der Waals surface area contributed by atoms with Gasteiger partial charge in [0.05, 0.1) is 0 Å². The largest absolute Gasteiger partial charge is 0.385 e. The van der Waals surface area contributed by atoms with Crippen molar-refractivity contribution >= 4 is 0 Å². The van der Waals surface area contributed by atoms with Crippen LogP contribution in [0, 0.1) is 11.3 Å². The van der Waals surface area contributed by atoms with Crippen molar-refractivity contribution < 1.29 is 4.74 Å². The molecule has 88 valence electrons. The molecule has 2 N–H and O–H groups in total. The lowest BCUT2D eigenvalue weighted by atomic mass is 10.0. The first-order chi connectivity index (χ1) is 7.35. The van der Waals surface area contributed by atoms with Crippen molar-refractivity contribution in [3.05, 3.63) is 0 Å². The molecule has 1 heterocycles. The van der Waals surface area contributed by atoms with Gasteiger partial charge in [0, 0.05) is 20.3 Å². The smallest absolute Gasteiger partial charge is 0.0468 e. The number of hydrogen-bond donors (Lipinski definition) is 2. The molecule has 0 aromatic heterocycles. The summed E-state index contributed by atoms with van der Waals surface area (Å²) in [7, 11) is 1.80. The fourth-order valence-corrected chi connectivity index (χ4v) is 2.44. The summed E-state index contributed by atoms with van der Waals surface area (Å²) in [6.45, 7) is 5.74. The minimum Gasteiger partial charge on any atom is -0.385 e. The number of hydrogen-bond acceptors (Lipinski definition) is 3. The van der Waals surface area contributed by atoms with Crippen molar-refractivity contribution in [2.45, 2.75) is 25.7 Å². The highest BCUT2D eigenvalue weighted by molar-refractivity contribution is 4.94. The van der Waals surface area contributed by atoms with E-state index in [1.54, 1.807) is 7.11 Å². The van der Waals surface area contributed by atoms with Crippen molar-refractivity contribution in [1.29, 1.82) is 0 Å². The van der Waals surface area contributed by atoms with E-state index in [-0.39, 0.29) is 0 Å². The highest BCUT2D eigenvalue weighted by atomic mass is 16.5. The Bertz CT molecular complexity index is 186. The average molecular weight is 212 g/mol. The Hall–Kier alpha value is -0.120. The predicted molar refractivity (Wildman–Crippen MR) is 62.0 cm³/mol. The Morgan fingerprint density at radius 3 is 2.93 bits per heavy atom. The van der Waals surface area contributed by atoms with Crippen molar-refractivity contribution in [1.82, 2.24) is 10.6 Å². The van der Waals surface area contributed by atoms with Crippen LogP contribution in [-0.2, 0) is 4.74 Å². The van der Waals surface area contributed by atoms with E-state index in [2.05, 4.69) is 10.6 Å². The van der Waals surface area contributed by atoms with Crippen LogP contribution >= 0.6 is 0 Å². The van der Waals surface area contributed by atoms with E-state index >= 15 is 0 Å². The molecule has 0 spiro atoms. The van der Waals surface area contributed by atoms with E-state index in [0.29, 0.717) is 5.41 Å². The zero-order chi connectivity index (χ0) is 10.6. The van der Waals surface area contributed by atoms with Gasteiger partial charge < -0.3 is 15.4 Å². The van der Waals surface area contributed by atoms with Gasteiger partial charge in [0.2, 0.25) is 0 Å². The normalized spacial score (nSPS) is 28.2. The first-order valence-corrected chi connectivity index (χ1v) is 6.25. The lowest BCUT2D eigenvalue weighted by Gasteiger charge is -2.17. The number of ether oxygens (including phenoxy) is 1. The lowest BCUT2D eigenvalue weighted by Crippen LogP contribution is -2.30. The monoisotopic (exact) mass is 212 g/mol. The van der Waals surface area contributed by atoms with E-state index in [1.165, 1.54) is 51.9 Å². The van der Waals surface area contributed by atoms with E-state index in [9.17, 15) is 0 Å². The first kappa shape index (κ1) is 11.4. The third-order valence-electron chi connectivity index (χ3n) is 3.89. The number of rotatable bonds is 7. The van der Waals surface area contributed by atoms with Crippen LogP contribution in [0.3, 0.4) is 0 Å². The van der Waals surface area contributed by atoms with Crippen molar-refractivity contribution in [3.63, 3.8) is 0 Å². The standard InChI is InChI=1S/C12H24N2O/c1-15-7-5-12(3-4-12)10-14-9-11-2-6-13-8-11/h11,13-14H,2-10H2,1H3. The third kappa shape index (κ3) is 3.44. The molecule has 1 saturated heterocycles. The second kappa shape index (κ2) is 5.28. The van der Waals surface area contributed by atoms with Gasteiger partial charge in [-0.3, -0.25) is 0 Å². The van der Waals surface area contributed by atoms with E-state index < -0.39 is 0 Å². The van der Waals surface area contributed by atoms with Crippen molar-refractivity contribution in [2.24, 2.45) is 11.3 Å². The van der Waals surface area contributed by atoms with Gasteiger partial charge in [-0.2, -0.15) is 0 Å². The molecule has 0 bridgehead atoms. The second-order valence-corrected chi connectivity index (χ2v) is 5.23. The molecule has 2 fully saturated rings. The molecule has 1 saturated carbocycles. The van der Waals surface area contributed by atoms with Crippen molar-refractivity contribution in [3.8, 4) is 0 Å². The highest BCUT2D eigenvalue weighted by Gasteiger charge is 2.41. The van der Waals surface area contributed by atoms with Gasteiger partial charge in [-0.15, -0.1) is 0 Å². The van der Waals surface area contributed by atoms with E-state index in [0.717, 1.165) is 12.5 Å². The average Bonchev–Trinajstić information content (AvgIpc) is 2.81. The Balaban J connectivity index is 1.56. The van der Waals surface area contributed by atoms with Crippen LogP contribution in [-0.4, -0.2) is 39.9 Å². The van der Waals surface area contributed by atoms with Crippen LogP contribution < -0.4 is 10.6 Å². The Morgan fingerprint density at radius 1 is 1.47 bits per heavy atom. The minimum atomic E-state index is 0.599. The Morgan fingerprint density at radius 2 is 2.33 bits per heavy atom. The molecule has 1 aliphatic heterocycles. The second-order valence-electron chi connectivity index (χ2n) is 5.23. The van der Waals surface area contributed by atoms with Gasteiger partial charge >= 0.3 is 0 Å². The van der Waals surface area contributed by atoms with Crippen molar-refractivity contribution in [2.75, 3.05) is 39.9 Å². The molecule has 0 amide bonds. The summed E-state index contributed by atoms with van der Waals surface area (Å²) < 4.78 is 5.16. The molecule has 15 heavy (non-hydrogen) atoms. The maximum atomic E-state index is 5.16. The van der Waals surface area contributed by atoms with Crippen LogP contribution in [0.2, 0.25) is 0 Å². The summed E-state index contributed by atoms with van der Waals surface area (Å²) in [6, 6.07) is 0. The molecule has 1 unspecified atom stereocenters. The fraction of sp³-hybridized carbons (Fsp3) is 1.00. The number of nitrogens with one attached hydrogen (secondary N) is 2. The van der Waals surface area contributed by atoms with Crippen LogP contribution in [0.1, 0.15) is 25.7 Å². The topological polar surface area (TPSA) is 33.3 Å². The third-order valence-corrected chi connectivity index (χ3v) is 3.89. The Labute approximate surface area is 93.0 Å². The van der Waals surface area contributed by atoms with Crippen LogP contribution in [0.15, 0.2) is 0 Å². The van der Waals surface area contributed by atoms with Crippen LogP contribution in [0.4, 0.5) is 0 Å². The first-order valence-electron chi connectivity index (χ1n) is 6.25. The molecule has 3 nitrogen and oxygen atoms in total. The van der Waals surface area contributed by atoms with Gasteiger partial charge in [0.15, 0.2) is 0 Å². The maximum absolute atomic E-state index is 5.16. The van der Waals surface area contributed by atoms with Gasteiger partial charge in [-0.05, 0) is 56.7 Å². The molecule has 0 radical (unpaired) electrons. The molecule has 1 atom stereocenters. The zero-order valence-electron chi connectivity index (χ0n) is 9.85. The van der Waals surface area contributed by atoms with Crippen LogP contribution in [0.5, 0.6) is 0 Å². The van der Waals surface area contributed by atoms with Gasteiger partial charge in [-0.1, -0.05) is 0 Å². The molecular weight excluding hydrogens is 188 g/mol. The molecule has 1 aliphatic carbocycles. The summed E-state index contributed by atoms with van der Waals surface area (Å²) in [6.07, 6.45) is 5.37. The fourth-order valence-electron chi connectivity index (χ4n) is 2.44. The highest BCUT2D eigenvalue weighted by Crippen LogP contribution is 2.48. The zero-order valence-corrected chi connectivity index (χ0v) is 9.85. The molecule has 2 aliphatic rings. The molecule has 3 heteroatoms. The van der Waals surface area contributed by atoms with Gasteiger partial charge in [0.1, 0.15) is 0 Å². The molecule has 2 rings (SSSR count). The predicted octanol–water partition coefficient (Wildman–Crippen LogP) is 1.00. The quantitative estimate of drug-likeness (QED) is 0.660. The Kier molecular flexibility index (Phi) is 4.00. The summed E-state index contributed by atoms with van der Waals surface area (Å²) >= 11 is 0. The summed E-state index contributed by atoms with van der Waals surface area (Å²) in [5, 5.41) is 7.05. The molecular formula is C12H24N2O. The molecule has 0 aromatic carbocycles. The summed E-state index contributed by atoms with van der Waals surface area (Å²) in [5.41, 5.74) is 0.599. The van der Waals surface area contributed by atoms with Gasteiger partial charge in [-0.25, -0.2) is 0 Å². The minimum absolute atomic E-state index is 0.599. The van der Waals surface area contributed by atoms with Crippen LogP contribution in [0.25, 0.3) is 0 Å². The van der Waals surface area contributed by atoms with E-state index in [4.69, 9.17) is 4.74 Å². The maximum Gasteiger partial charge on any atom is 0.0468 e. The summed E-state index contributed by atoms with van der Waals surface area (Å²) in [5.74, 6) is 0.864. The van der Waals surface area contributed by atoms with Gasteiger partial charge in [0.25, 0.3) is 0 Å².